The first-order valence-corrected chi connectivity index (χ1v) is 14.3. The van der Waals surface area contributed by atoms with Gasteiger partial charge in [-0.15, -0.1) is 0 Å². The molecule has 7 nitrogen and oxygen atoms in total. The Morgan fingerprint density at radius 3 is 2.14 bits per heavy atom. The number of imidazole rings is 1. The van der Waals surface area contributed by atoms with E-state index < -0.39 is 11.4 Å². The molecule has 0 spiro atoms. The molecule has 0 aliphatic rings. The summed E-state index contributed by atoms with van der Waals surface area (Å²) in [6.45, 7) is 4.73. The predicted molar refractivity (Wildman–Crippen MR) is 165 cm³/mol. The fourth-order valence-electron chi connectivity index (χ4n) is 5.48. The second-order valence-electron chi connectivity index (χ2n) is 11.0. The van der Waals surface area contributed by atoms with Gasteiger partial charge in [0.2, 0.25) is 0 Å². The van der Waals surface area contributed by atoms with Gasteiger partial charge < -0.3 is 24.4 Å². The van der Waals surface area contributed by atoms with E-state index in [9.17, 15) is 9.90 Å². The van der Waals surface area contributed by atoms with Crippen LogP contribution in [0.3, 0.4) is 0 Å². The van der Waals surface area contributed by atoms with Gasteiger partial charge in [-0.25, -0.2) is 9.97 Å². The van der Waals surface area contributed by atoms with Gasteiger partial charge >= 0.3 is 29.6 Å². The number of hydrogen-bond donors (Lipinski definition) is 1. The van der Waals surface area contributed by atoms with Crippen molar-refractivity contribution in [1.82, 2.24) is 15.0 Å². The molecule has 1 atom stereocenters. The molecule has 0 saturated heterocycles. The Morgan fingerprint density at radius 2 is 1.45 bits per heavy atom. The first kappa shape index (κ1) is 31.3. The largest absolute Gasteiger partial charge is 1.00 e. The molecule has 0 amide bonds. The molecule has 0 radical (unpaired) electrons. The minimum Gasteiger partial charge on any atom is -0.550 e. The van der Waals surface area contributed by atoms with Gasteiger partial charge in [-0.3, -0.25) is 0 Å². The van der Waals surface area contributed by atoms with Crippen LogP contribution in [0.5, 0.6) is 11.5 Å². The summed E-state index contributed by atoms with van der Waals surface area (Å²) < 4.78 is 12.1. The number of aromatic amines is 1. The van der Waals surface area contributed by atoms with Crippen molar-refractivity contribution in [2.45, 2.75) is 45.3 Å². The van der Waals surface area contributed by atoms with E-state index in [1.54, 1.807) is 0 Å². The van der Waals surface area contributed by atoms with Gasteiger partial charge in [0.25, 0.3) is 0 Å². The van der Waals surface area contributed by atoms with E-state index >= 15 is 0 Å². The summed E-state index contributed by atoms with van der Waals surface area (Å²) in [5.41, 5.74) is 6.09. The van der Waals surface area contributed by atoms with Gasteiger partial charge in [-0.2, -0.15) is 0 Å². The number of ether oxygens (including phenoxy) is 2. The van der Waals surface area contributed by atoms with Gasteiger partial charge in [0, 0.05) is 22.3 Å². The van der Waals surface area contributed by atoms with Crippen molar-refractivity contribution in [2.75, 3.05) is 0 Å². The zero-order valence-corrected chi connectivity index (χ0v) is 27.2. The first-order chi connectivity index (χ1) is 20.9. The van der Waals surface area contributed by atoms with Crippen molar-refractivity contribution >= 4 is 27.9 Å². The smallest absolute Gasteiger partial charge is 0.550 e. The van der Waals surface area contributed by atoms with Gasteiger partial charge in [-0.05, 0) is 73.4 Å². The standard InChI is InChI=1S/C36H33N3O4.Na/c1-24-37-33-9-5-7-26(35(33)38-24)22-42-30-16-11-27(12-17-30)36(2,21-20-34(40)41)28-13-18-31(19-14-28)43-23-29-15-10-25-6-3-4-8-32(25)39-29;/h3-19H,20-23H2,1-2H3,(H,37,38)(H,40,41);/q;+1/p-1. The van der Waals surface area contributed by atoms with Gasteiger partial charge in [0.15, 0.2) is 0 Å². The molecule has 44 heavy (non-hydrogen) atoms. The van der Waals surface area contributed by atoms with E-state index in [4.69, 9.17) is 9.47 Å². The van der Waals surface area contributed by atoms with Crippen LogP contribution in [-0.4, -0.2) is 20.9 Å². The van der Waals surface area contributed by atoms with Crippen molar-refractivity contribution in [3.63, 3.8) is 0 Å². The number of fused-ring (bicyclic) bond motifs is 2. The molecule has 1 unspecified atom stereocenters. The predicted octanol–water partition coefficient (Wildman–Crippen LogP) is 3.42. The van der Waals surface area contributed by atoms with E-state index in [0.29, 0.717) is 25.4 Å². The second kappa shape index (κ2) is 13.6. The number of aliphatic carboxylic acids is 1. The Labute approximate surface area is 278 Å². The first-order valence-electron chi connectivity index (χ1n) is 14.3. The monoisotopic (exact) mass is 593 g/mol. The van der Waals surface area contributed by atoms with Crippen LogP contribution < -0.4 is 44.1 Å². The van der Waals surface area contributed by atoms with Crippen molar-refractivity contribution in [3.8, 4) is 11.5 Å². The fraction of sp³-hybridized carbons (Fsp3) is 0.194. The fourth-order valence-corrected chi connectivity index (χ4v) is 5.48. The van der Waals surface area contributed by atoms with Crippen LogP contribution in [-0.2, 0) is 23.4 Å². The van der Waals surface area contributed by atoms with Crippen LogP contribution in [0.15, 0.2) is 103 Å². The number of H-pyrrole nitrogens is 1. The molecule has 4 aromatic carbocycles. The van der Waals surface area contributed by atoms with E-state index in [0.717, 1.165) is 55.9 Å². The van der Waals surface area contributed by atoms with Crippen LogP contribution in [0.2, 0.25) is 0 Å². The molecule has 2 aromatic heterocycles. The normalized spacial score (nSPS) is 12.4. The second-order valence-corrected chi connectivity index (χ2v) is 11.0. The summed E-state index contributed by atoms with van der Waals surface area (Å²) >= 11 is 0. The molecular formula is C36H32N3NaO4. The van der Waals surface area contributed by atoms with Crippen LogP contribution in [0.25, 0.3) is 21.9 Å². The average Bonchev–Trinajstić information content (AvgIpc) is 3.43. The number of pyridine rings is 1. The van der Waals surface area contributed by atoms with Gasteiger partial charge in [-0.1, -0.05) is 67.6 Å². The number of carbonyl (C=O) groups excluding carboxylic acids is 1. The van der Waals surface area contributed by atoms with Crippen LogP contribution in [0.4, 0.5) is 0 Å². The van der Waals surface area contributed by atoms with Crippen LogP contribution in [0.1, 0.15) is 48.0 Å². The Bertz CT molecular complexity index is 1890. The number of para-hydroxylation sites is 2. The number of carboxylic acids is 1. The maximum Gasteiger partial charge on any atom is 1.00 e. The quantitative estimate of drug-likeness (QED) is 0.231. The number of nitrogens with one attached hydrogen (secondary N) is 1. The Kier molecular flexibility index (Phi) is 9.69. The van der Waals surface area contributed by atoms with Crippen molar-refractivity contribution in [3.05, 3.63) is 131 Å². The molecule has 0 saturated carbocycles. The summed E-state index contributed by atoms with van der Waals surface area (Å²) in [4.78, 5) is 24.0. The Hall–Kier alpha value is -4.17. The third-order valence-corrected chi connectivity index (χ3v) is 7.96. The van der Waals surface area contributed by atoms with E-state index in [1.165, 1.54) is 0 Å². The number of rotatable bonds is 11. The molecule has 0 aliphatic heterocycles. The minimum atomic E-state index is -1.07. The molecule has 1 N–H and O–H groups in total. The molecule has 6 rings (SSSR count). The topological polar surface area (TPSA) is 100 Å². The molecule has 6 aromatic rings. The summed E-state index contributed by atoms with van der Waals surface area (Å²) in [6, 6.07) is 33.7. The van der Waals surface area contributed by atoms with Crippen molar-refractivity contribution in [2.24, 2.45) is 0 Å². The van der Waals surface area contributed by atoms with Gasteiger partial charge in [0.05, 0.1) is 22.2 Å². The number of nitrogens with zero attached hydrogens (tertiary/aromatic N) is 2. The summed E-state index contributed by atoms with van der Waals surface area (Å²) in [5, 5.41) is 12.6. The van der Waals surface area contributed by atoms with Crippen molar-refractivity contribution in [1.29, 1.82) is 0 Å². The van der Waals surface area contributed by atoms with E-state index in [-0.39, 0.29) is 36.0 Å². The summed E-state index contributed by atoms with van der Waals surface area (Å²) in [6.07, 6.45) is 0.324. The van der Waals surface area contributed by atoms with Crippen LogP contribution in [0, 0.1) is 6.92 Å². The third-order valence-electron chi connectivity index (χ3n) is 7.96. The molecule has 8 heteroatoms. The number of aryl methyl sites for hydroxylation is 1. The molecule has 0 fully saturated rings. The Morgan fingerprint density at radius 1 is 0.795 bits per heavy atom. The van der Waals surface area contributed by atoms with Crippen molar-refractivity contribution < 1.29 is 48.9 Å². The minimum absolute atomic E-state index is 0. The zero-order valence-electron chi connectivity index (χ0n) is 25.2. The van der Waals surface area contributed by atoms with Crippen LogP contribution >= 0.6 is 0 Å². The number of carboxylic acid groups (broad SMARTS) is 1. The molecule has 216 valence electrons. The molecular weight excluding hydrogens is 561 g/mol. The van der Waals surface area contributed by atoms with E-state index in [2.05, 4.69) is 21.9 Å². The maximum absolute atomic E-state index is 11.5. The summed E-state index contributed by atoms with van der Waals surface area (Å²) in [5.74, 6) is 1.23. The Balaban J connectivity index is 0.00000384. The number of carbonyl (C=O) groups is 1. The number of hydrogen-bond acceptors (Lipinski definition) is 6. The zero-order chi connectivity index (χ0) is 29.8. The average molecular weight is 594 g/mol. The molecule has 0 aliphatic carbocycles. The molecule has 2 heterocycles. The van der Waals surface area contributed by atoms with Gasteiger partial charge in [0.1, 0.15) is 30.5 Å². The van der Waals surface area contributed by atoms with E-state index in [1.807, 2.05) is 110 Å². The molecule has 0 bridgehead atoms. The SMILES string of the molecule is Cc1nc2c(COc3ccc(C(C)(CCC(=O)[O-])c4ccc(OCc5ccc6ccccc6n5)cc4)cc3)cccc2[nH]1.[Na+]. The number of aromatic nitrogens is 3. The number of benzene rings is 4. The summed E-state index contributed by atoms with van der Waals surface area (Å²) in [7, 11) is 0. The third kappa shape index (κ3) is 6.97. The maximum atomic E-state index is 11.5.